The first-order valence-electron chi connectivity index (χ1n) is 4.81. The van der Waals surface area contributed by atoms with Gasteiger partial charge in [-0.05, 0) is 24.1 Å². The molecule has 0 spiro atoms. The second-order valence-electron chi connectivity index (χ2n) is 3.63. The number of carbonyl (C=O) groups is 1. The van der Waals surface area contributed by atoms with Crippen molar-refractivity contribution in [3.8, 4) is 5.75 Å². The largest absolute Gasteiger partial charge is 0.508 e. The minimum absolute atomic E-state index is 0.139. The molecule has 1 aromatic rings. The van der Waals surface area contributed by atoms with Crippen molar-refractivity contribution in [2.45, 2.75) is 18.8 Å². The Morgan fingerprint density at radius 2 is 2.00 bits per heavy atom. The van der Waals surface area contributed by atoms with E-state index in [2.05, 4.69) is 5.32 Å². The van der Waals surface area contributed by atoms with Gasteiger partial charge in [-0.1, -0.05) is 12.1 Å². The molecule has 0 aliphatic carbocycles. The first kappa shape index (κ1) is 9.06. The van der Waals surface area contributed by atoms with Crippen molar-refractivity contribution in [2.24, 2.45) is 0 Å². The summed E-state index contributed by atoms with van der Waals surface area (Å²) < 4.78 is 0. The van der Waals surface area contributed by atoms with Crippen LogP contribution < -0.4 is 5.32 Å². The van der Waals surface area contributed by atoms with E-state index in [1.165, 1.54) is 5.56 Å². The van der Waals surface area contributed by atoms with E-state index in [1.54, 1.807) is 12.1 Å². The summed E-state index contributed by atoms with van der Waals surface area (Å²) in [5.74, 6) is 0.821. The SMILES string of the molecule is O=C1CCC(c2ccc(O)cc2)CN1. The van der Waals surface area contributed by atoms with Gasteiger partial charge in [0.05, 0.1) is 0 Å². The van der Waals surface area contributed by atoms with Crippen LogP contribution in [0.5, 0.6) is 5.75 Å². The molecule has 1 saturated heterocycles. The van der Waals surface area contributed by atoms with Crippen LogP contribution in [-0.4, -0.2) is 17.6 Å². The van der Waals surface area contributed by atoms with Gasteiger partial charge in [0.25, 0.3) is 0 Å². The average Bonchev–Trinajstić information content (AvgIpc) is 2.21. The fourth-order valence-electron chi connectivity index (χ4n) is 1.76. The molecule has 1 aromatic carbocycles. The summed E-state index contributed by atoms with van der Waals surface area (Å²) in [5, 5.41) is 12.0. The van der Waals surface area contributed by atoms with Crippen LogP contribution in [0.2, 0.25) is 0 Å². The lowest BCUT2D eigenvalue weighted by Crippen LogP contribution is -2.33. The number of nitrogens with one attached hydrogen (secondary N) is 1. The summed E-state index contributed by atoms with van der Waals surface area (Å²) in [5.41, 5.74) is 1.18. The van der Waals surface area contributed by atoms with Crippen molar-refractivity contribution >= 4 is 5.91 Å². The van der Waals surface area contributed by atoms with E-state index in [-0.39, 0.29) is 11.7 Å². The number of phenolic OH excluding ortho intramolecular Hbond substituents is 1. The van der Waals surface area contributed by atoms with Gasteiger partial charge in [0.1, 0.15) is 5.75 Å². The number of carbonyl (C=O) groups excluding carboxylic acids is 1. The van der Waals surface area contributed by atoms with Crippen molar-refractivity contribution in [1.29, 1.82) is 0 Å². The first-order valence-corrected chi connectivity index (χ1v) is 4.81. The highest BCUT2D eigenvalue weighted by molar-refractivity contribution is 5.76. The number of hydrogen-bond donors (Lipinski definition) is 2. The second-order valence-corrected chi connectivity index (χ2v) is 3.63. The minimum atomic E-state index is 0.139. The van der Waals surface area contributed by atoms with Gasteiger partial charge in [-0.25, -0.2) is 0 Å². The molecule has 1 aliphatic heterocycles. The summed E-state index contributed by atoms with van der Waals surface area (Å²) >= 11 is 0. The van der Waals surface area contributed by atoms with E-state index in [1.807, 2.05) is 12.1 Å². The van der Waals surface area contributed by atoms with E-state index in [4.69, 9.17) is 5.11 Å². The quantitative estimate of drug-likeness (QED) is 0.704. The maximum Gasteiger partial charge on any atom is 0.220 e. The molecule has 2 N–H and O–H groups in total. The molecule has 0 bridgehead atoms. The zero-order valence-electron chi connectivity index (χ0n) is 7.86. The minimum Gasteiger partial charge on any atom is -0.508 e. The average molecular weight is 191 g/mol. The molecule has 0 saturated carbocycles. The van der Waals surface area contributed by atoms with Crippen molar-refractivity contribution in [1.82, 2.24) is 5.32 Å². The Labute approximate surface area is 82.8 Å². The third kappa shape index (κ3) is 1.87. The summed E-state index contributed by atoms with van der Waals surface area (Å²) in [7, 11) is 0. The fraction of sp³-hybridized carbons (Fsp3) is 0.364. The van der Waals surface area contributed by atoms with Crippen LogP contribution in [0.15, 0.2) is 24.3 Å². The zero-order chi connectivity index (χ0) is 9.97. The number of hydrogen-bond acceptors (Lipinski definition) is 2. The van der Waals surface area contributed by atoms with E-state index >= 15 is 0 Å². The van der Waals surface area contributed by atoms with E-state index in [9.17, 15) is 4.79 Å². The van der Waals surface area contributed by atoms with Crippen molar-refractivity contribution in [2.75, 3.05) is 6.54 Å². The molecule has 1 atom stereocenters. The molecule has 14 heavy (non-hydrogen) atoms. The standard InChI is InChI=1S/C11H13NO2/c13-10-4-1-8(2-5-10)9-3-6-11(14)12-7-9/h1-2,4-5,9,13H,3,6-7H2,(H,12,14). The summed E-state index contributed by atoms with van der Waals surface area (Å²) in [6.45, 7) is 0.712. The van der Waals surface area contributed by atoms with Gasteiger partial charge in [0, 0.05) is 18.9 Å². The van der Waals surface area contributed by atoms with Gasteiger partial charge in [0.2, 0.25) is 5.91 Å². The number of phenols is 1. The van der Waals surface area contributed by atoms with Crippen LogP contribution in [0, 0.1) is 0 Å². The predicted molar refractivity (Wildman–Crippen MR) is 53.1 cm³/mol. The molecule has 1 fully saturated rings. The maximum absolute atomic E-state index is 10.9. The van der Waals surface area contributed by atoms with Crippen molar-refractivity contribution in [3.05, 3.63) is 29.8 Å². The van der Waals surface area contributed by atoms with E-state index in [0.29, 0.717) is 18.9 Å². The Kier molecular flexibility index (Phi) is 2.39. The monoisotopic (exact) mass is 191 g/mol. The fourth-order valence-corrected chi connectivity index (χ4v) is 1.76. The highest BCUT2D eigenvalue weighted by Crippen LogP contribution is 2.24. The van der Waals surface area contributed by atoms with Crippen LogP contribution >= 0.6 is 0 Å². The molecule has 0 aromatic heterocycles. The first-order chi connectivity index (χ1) is 6.75. The van der Waals surface area contributed by atoms with Gasteiger partial charge in [0.15, 0.2) is 0 Å². The molecular weight excluding hydrogens is 178 g/mol. The van der Waals surface area contributed by atoms with Crippen LogP contribution in [0.25, 0.3) is 0 Å². The number of piperidine rings is 1. The Balaban J connectivity index is 2.08. The van der Waals surface area contributed by atoms with Gasteiger partial charge >= 0.3 is 0 Å². The molecule has 1 heterocycles. The Morgan fingerprint density at radius 1 is 1.29 bits per heavy atom. The highest BCUT2D eigenvalue weighted by Gasteiger charge is 2.18. The predicted octanol–water partition coefficient (Wildman–Crippen LogP) is 1.39. The van der Waals surface area contributed by atoms with Crippen LogP contribution in [0.1, 0.15) is 24.3 Å². The second kappa shape index (κ2) is 3.70. The lowest BCUT2D eigenvalue weighted by atomic mass is 9.91. The molecule has 1 aliphatic rings. The normalized spacial score (nSPS) is 21.7. The zero-order valence-corrected chi connectivity index (χ0v) is 7.86. The number of amides is 1. The van der Waals surface area contributed by atoms with Crippen LogP contribution in [0.3, 0.4) is 0 Å². The lowest BCUT2D eigenvalue weighted by Gasteiger charge is -2.22. The third-order valence-electron chi connectivity index (χ3n) is 2.63. The van der Waals surface area contributed by atoms with Gasteiger partial charge in [-0.15, -0.1) is 0 Å². The van der Waals surface area contributed by atoms with Crippen molar-refractivity contribution < 1.29 is 9.90 Å². The third-order valence-corrected chi connectivity index (χ3v) is 2.63. The Hall–Kier alpha value is -1.51. The van der Waals surface area contributed by atoms with Crippen LogP contribution in [-0.2, 0) is 4.79 Å². The Bertz CT molecular complexity index is 322. The molecule has 3 nitrogen and oxygen atoms in total. The summed E-state index contributed by atoms with van der Waals surface area (Å²) in [6, 6.07) is 7.20. The highest BCUT2D eigenvalue weighted by atomic mass is 16.3. The summed E-state index contributed by atoms with van der Waals surface area (Å²) in [6.07, 6.45) is 1.50. The smallest absolute Gasteiger partial charge is 0.220 e. The van der Waals surface area contributed by atoms with Gasteiger partial charge < -0.3 is 10.4 Å². The molecule has 1 unspecified atom stereocenters. The molecule has 1 amide bonds. The number of benzene rings is 1. The Morgan fingerprint density at radius 3 is 2.57 bits per heavy atom. The van der Waals surface area contributed by atoms with Gasteiger partial charge in [-0.2, -0.15) is 0 Å². The molecular formula is C11H13NO2. The van der Waals surface area contributed by atoms with Crippen LogP contribution in [0.4, 0.5) is 0 Å². The molecule has 2 rings (SSSR count). The van der Waals surface area contributed by atoms with Crippen molar-refractivity contribution in [3.63, 3.8) is 0 Å². The van der Waals surface area contributed by atoms with Gasteiger partial charge in [-0.3, -0.25) is 4.79 Å². The molecule has 74 valence electrons. The maximum atomic E-state index is 10.9. The molecule has 0 radical (unpaired) electrons. The number of rotatable bonds is 1. The van der Waals surface area contributed by atoms with E-state index < -0.39 is 0 Å². The molecule has 3 heteroatoms. The summed E-state index contributed by atoms with van der Waals surface area (Å²) in [4.78, 5) is 10.9. The topological polar surface area (TPSA) is 49.3 Å². The number of aromatic hydroxyl groups is 1. The lowest BCUT2D eigenvalue weighted by molar-refractivity contribution is -0.122. The van der Waals surface area contributed by atoms with E-state index in [0.717, 1.165) is 6.42 Å².